The maximum atomic E-state index is 12.4. The third kappa shape index (κ3) is 3.72. The molecule has 1 aromatic carbocycles. The predicted octanol–water partition coefficient (Wildman–Crippen LogP) is 1.70. The maximum absolute atomic E-state index is 12.4. The number of carbonyl (C=O) groups excluding carboxylic acids is 2. The number of amides is 2. The predicted molar refractivity (Wildman–Crippen MR) is 96.4 cm³/mol. The van der Waals surface area contributed by atoms with Gasteiger partial charge in [0.15, 0.2) is 5.16 Å². The van der Waals surface area contributed by atoms with Gasteiger partial charge in [-0.2, -0.15) is 5.10 Å². The Morgan fingerprint density at radius 3 is 2.69 bits per heavy atom. The molecule has 0 fully saturated rings. The number of thioether (sulfide) groups is 1. The summed E-state index contributed by atoms with van der Waals surface area (Å²) in [5.41, 5.74) is 2.78. The van der Waals surface area contributed by atoms with Crippen LogP contribution in [0.15, 0.2) is 47.0 Å². The van der Waals surface area contributed by atoms with E-state index < -0.39 is 12.0 Å². The smallest absolute Gasteiger partial charge is 0.338 e. The van der Waals surface area contributed by atoms with Crippen LogP contribution in [0.3, 0.4) is 0 Å². The van der Waals surface area contributed by atoms with E-state index in [1.54, 1.807) is 11.7 Å². The van der Waals surface area contributed by atoms with Crippen molar-refractivity contribution in [3.05, 3.63) is 53.0 Å². The number of ether oxygens (including phenoxy) is 1. The van der Waals surface area contributed by atoms with Crippen LogP contribution >= 0.6 is 11.8 Å². The number of urea groups is 1. The molecule has 2 amide bonds. The molecule has 0 radical (unpaired) electrons. The molecule has 1 unspecified atom stereocenters. The highest BCUT2D eigenvalue weighted by Crippen LogP contribution is 2.30. The van der Waals surface area contributed by atoms with Gasteiger partial charge in [-0.25, -0.2) is 19.3 Å². The lowest BCUT2D eigenvalue weighted by atomic mass is 9.95. The molecule has 1 atom stereocenters. The molecule has 136 valence electrons. The number of benzene rings is 1. The fraction of sp³-hybridized carbons (Fsp3) is 0.294. The van der Waals surface area contributed by atoms with Crippen LogP contribution < -0.4 is 10.6 Å². The molecule has 0 aliphatic carbocycles. The lowest BCUT2D eigenvalue weighted by Gasteiger charge is -2.29. The van der Waals surface area contributed by atoms with Crippen LogP contribution in [0.5, 0.6) is 0 Å². The van der Waals surface area contributed by atoms with Gasteiger partial charge < -0.3 is 15.4 Å². The number of hydrogen-bond donors (Lipinski definition) is 2. The minimum absolute atomic E-state index is 0.354. The highest BCUT2D eigenvalue weighted by Gasteiger charge is 2.33. The first kappa shape index (κ1) is 18.0. The van der Waals surface area contributed by atoms with E-state index >= 15 is 0 Å². The zero-order valence-corrected chi connectivity index (χ0v) is 15.5. The van der Waals surface area contributed by atoms with Crippen molar-refractivity contribution in [2.24, 2.45) is 7.05 Å². The van der Waals surface area contributed by atoms with Crippen molar-refractivity contribution in [2.45, 2.75) is 18.1 Å². The van der Waals surface area contributed by atoms with Crippen molar-refractivity contribution in [1.29, 1.82) is 0 Å². The first-order valence-electron chi connectivity index (χ1n) is 7.92. The summed E-state index contributed by atoms with van der Waals surface area (Å²) in [6.45, 7) is 1.98. The SMILES string of the molecule is COC(=O)C1=C(CSc2ncnn2C)NC(=O)NC1c1ccc(C)cc1. The Morgan fingerprint density at radius 2 is 2.08 bits per heavy atom. The molecule has 26 heavy (non-hydrogen) atoms. The molecule has 2 N–H and O–H groups in total. The van der Waals surface area contributed by atoms with Crippen molar-refractivity contribution < 1.29 is 14.3 Å². The molecule has 2 heterocycles. The van der Waals surface area contributed by atoms with Gasteiger partial charge in [0.1, 0.15) is 6.33 Å². The van der Waals surface area contributed by atoms with Crippen LogP contribution in [0.1, 0.15) is 17.2 Å². The van der Waals surface area contributed by atoms with Crippen molar-refractivity contribution in [1.82, 2.24) is 25.4 Å². The number of nitrogens with one attached hydrogen (secondary N) is 2. The number of aromatic nitrogens is 3. The van der Waals surface area contributed by atoms with Crippen molar-refractivity contribution in [3.63, 3.8) is 0 Å². The summed E-state index contributed by atoms with van der Waals surface area (Å²) in [6, 6.07) is 6.71. The summed E-state index contributed by atoms with van der Waals surface area (Å²) in [7, 11) is 3.10. The van der Waals surface area contributed by atoms with E-state index in [1.165, 1.54) is 25.2 Å². The van der Waals surface area contributed by atoms with E-state index in [9.17, 15) is 9.59 Å². The van der Waals surface area contributed by atoms with Gasteiger partial charge in [0.25, 0.3) is 0 Å². The van der Waals surface area contributed by atoms with Gasteiger partial charge in [0.2, 0.25) is 0 Å². The zero-order chi connectivity index (χ0) is 18.7. The molecular weight excluding hydrogens is 354 g/mol. The molecule has 8 nitrogen and oxygen atoms in total. The number of nitrogens with zero attached hydrogens (tertiary/aromatic N) is 3. The number of rotatable bonds is 5. The van der Waals surface area contributed by atoms with E-state index in [1.807, 2.05) is 31.2 Å². The third-order valence-corrected chi connectivity index (χ3v) is 5.05. The van der Waals surface area contributed by atoms with Gasteiger partial charge >= 0.3 is 12.0 Å². The molecule has 1 aliphatic heterocycles. The van der Waals surface area contributed by atoms with Crippen LogP contribution in [0.2, 0.25) is 0 Å². The number of aryl methyl sites for hydroxylation is 2. The van der Waals surface area contributed by atoms with Gasteiger partial charge in [-0.05, 0) is 12.5 Å². The Bertz CT molecular complexity index is 860. The Balaban J connectivity index is 1.97. The topological polar surface area (TPSA) is 98.1 Å². The summed E-state index contributed by atoms with van der Waals surface area (Å²) in [6.07, 6.45) is 1.45. The standard InChI is InChI=1S/C17H19N5O3S/c1-10-4-6-11(7-5-10)14-13(15(23)25-3)12(20-16(24)21-14)8-26-17-18-9-19-22(17)2/h4-7,9,14H,8H2,1-3H3,(H2,20,21,24). The fourth-order valence-electron chi connectivity index (χ4n) is 2.64. The molecule has 2 aromatic rings. The first-order chi connectivity index (χ1) is 12.5. The minimum atomic E-state index is -0.577. The lowest BCUT2D eigenvalue weighted by molar-refractivity contribution is -0.136. The second-order valence-electron chi connectivity index (χ2n) is 5.78. The van der Waals surface area contributed by atoms with E-state index in [2.05, 4.69) is 20.7 Å². The highest BCUT2D eigenvalue weighted by atomic mass is 32.2. The number of esters is 1. The van der Waals surface area contributed by atoms with Gasteiger partial charge in [-0.1, -0.05) is 41.6 Å². The second-order valence-corrected chi connectivity index (χ2v) is 6.72. The average molecular weight is 373 g/mol. The maximum Gasteiger partial charge on any atom is 0.338 e. The van der Waals surface area contributed by atoms with Crippen LogP contribution in [-0.2, 0) is 16.6 Å². The number of hydrogen-bond acceptors (Lipinski definition) is 6. The fourth-order valence-corrected chi connectivity index (χ4v) is 3.50. The molecule has 9 heteroatoms. The van der Waals surface area contributed by atoms with Crippen LogP contribution in [-0.4, -0.2) is 39.6 Å². The molecule has 1 aliphatic rings. The highest BCUT2D eigenvalue weighted by molar-refractivity contribution is 7.99. The Hall–Kier alpha value is -2.81. The van der Waals surface area contributed by atoms with E-state index in [-0.39, 0.29) is 6.03 Å². The number of carbonyl (C=O) groups is 2. The minimum Gasteiger partial charge on any atom is -0.466 e. The van der Waals surface area contributed by atoms with E-state index in [4.69, 9.17) is 4.74 Å². The molecule has 0 saturated carbocycles. The van der Waals surface area contributed by atoms with Gasteiger partial charge in [0.05, 0.1) is 18.7 Å². The van der Waals surface area contributed by atoms with Crippen molar-refractivity contribution in [2.75, 3.05) is 12.9 Å². The van der Waals surface area contributed by atoms with Crippen molar-refractivity contribution >= 4 is 23.8 Å². The van der Waals surface area contributed by atoms with Gasteiger partial charge in [0, 0.05) is 18.5 Å². The molecule has 1 aromatic heterocycles. The Kier molecular flexibility index (Phi) is 5.27. The second kappa shape index (κ2) is 7.61. The summed E-state index contributed by atoms with van der Waals surface area (Å²) in [5, 5.41) is 10.2. The van der Waals surface area contributed by atoms with Crippen LogP contribution in [0.4, 0.5) is 4.79 Å². The quantitative estimate of drug-likeness (QED) is 0.611. The third-order valence-electron chi connectivity index (χ3n) is 3.99. The van der Waals surface area contributed by atoms with Gasteiger partial charge in [-0.15, -0.1) is 0 Å². The Labute approximate surface area is 155 Å². The van der Waals surface area contributed by atoms with Crippen molar-refractivity contribution in [3.8, 4) is 0 Å². The first-order valence-corrected chi connectivity index (χ1v) is 8.90. The largest absolute Gasteiger partial charge is 0.466 e. The van der Waals surface area contributed by atoms with E-state index in [0.29, 0.717) is 22.2 Å². The van der Waals surface area contributed by atoms with E-state index in [0.717, 1.165) is 11.1 Å². The molecule has 0 bridgehead atoms. The Morgan fingerprint density at radius 1 is 1.35 bits per heavy atom. The normalized spacial score (nSPS) is 16.9. The zero-order valence-electron chi connectivity index (χ0n) is 14.6. The summed E-state index contributed by atoms with van der Waals surface area (Å²) in [5.74, 6) is -0.135. The molecular formula is C17H19N5O3S. The summed E-state index contributed by atoms with van der Waals surface area (Å²) in [4.78, 5) is 28.8. The monoisotopic (exact) mass is 373 g/mol. The summed E-state index contributed by atoms with van der Waals surface area (Å²) < 4.78 is 6.59. The van der Waals surface area contributed by atoms with Gasteiger partial charge in [-0.3, -0.25) is 0 Å². The molecule has 0 saturated heterocycles. The van der Waals surface area contributed by atoms with Crippen LogP contribution in [0, 0.1) is 6.92 Å². The molecule has 0 spiro atoms. The van der Waals surface area contributed by atoms with Crippen LogP contribution in [0.25, 0.3) is 0 Å². The summed E-state index contributed by atoms with van der Waals surface area (Å²) >= 11 is 1.37. The average Bonchev–Trinajstić information content (AvgIpc) is 3.04. The number of methoxy groups -OCH3 is 1. The molecule has 3 rings (SSSR count). The lowest BCUT2D eigenvalue weighted by Crippen LogP contribution is -2.46.